The first-order chi connectivity index (χ1) is 16.7. The third-order valence-corrected chi connectivity index (χ3v) is 7.09. The molecule has 0 aliphatic carbocycles. The van der Waals surface area contributed by atoms with Gasteiger partial charge in [0.15, 0.2) is 0 Å². The van der Waals surface area contributed by atoms with Crippen LogP contribution in [0.15, 0.2) is 73.1 Å². The quantitative estimate of drug-likeness (QED) is 0.565. The van der Waals surface area contributed by atoms with Crippen LogP contribution in [0.4, 0.5) is 5.69 Å². The summed E-state index contributed by atoms with van der Waals surface area (Å²) in [6.45, 7) is 1.11. The summed E-state index contributed by atoms with van der Waals surface area (Å²) in [7, 11) is -3.35. The average Bonchev–Trinajstić information content (AvgIpc) is 2.84. The number of carbonyl (C=O) groups excluding carboxylic acids is 1. The highest BCUT2D eigenvalue weighted by molar-refractivity contribution is 7.90. The highest BCUT2D eigenvalue weighted by Gasteiger charge is 2.37. The summed E-state index contributed by atoms with van der Waals surface area (Å²) < 4.78 is 24.9. The van der Waals surface area contributed by atoms with Crippen LogP contribution in [0.3, 0.4) is 0 Å². The maximum atomic E-state index is 13.2. The molecule has 9 heteroatoms. The Kier molecular flexibility index (Phi) is 7.15. The number of sulfone groups is 1. The Morgan fingerprint density at radius 2 is 1.86 bits per heavy atom. The fraction of sp³-hybridized carbons (Fsp3) is 0.269. The Hall–Kier alpha value is -3.74. The monoisotopic (exact) mass is 489 g/mol. The van der Waals surface area contributed by atoms with Crippen LogP contribution >= 0.6 is 0 Å². The van der Waals surface area contributed by atoms with Crippen LogP contribution in [-0.2, 0) is 9.84 Å². The van der Waals surface area contributed by atoms with E-state index in [0.29, 0.717) is 29.9 Å². The molecule has 2 aromatic carbocycles. The lowest BCUT2D eigenvalue weighted by Crippen LogP contribution is -2.57. The summed E-state index contributed by atoms with van der Waals surface area (Å²) >= 11 is 0. The second-order valence-electron chi connectivity index (χ2n) is 8.79. The predicted molar refractivity (Wildman–Crippen MR) is 134 cm³/mol. The zero-order valence-electron chi connectivity index (χ0n) is 19.4. The lowest BCUT2D eigenvalue weighted by Gasteiger charge is -2.45. The van der Waals surface area contributed by atoms with Crippen molar-refractivity contribution in [1.82, 2.24) is 14.8 Å². The Bertz CT molecular complexity index is 1350. The van der Waals surface area contributed by atoms with Gasteiger partial charge in [0.2, 0.25) is 0 Å². The van der Waals surface area contributed by atoms with Gasteiger partial charge in [0, 0.05) is 44.3 Å². The van der Waals surface area contributed by atoms with Gasteiger partial charge in [-0.15, -0.1) is 0 Å². The van der Waals surface area contributed by atoms with Crippen molar-refractivity contribution >= 4 is 21.4 Å². The zero-order valence-corrected chi connectivity index (χ0v) is 20.2. The number of benzene rings is 2. The third kappa shape index (κ3) is 5.85. The molecule has 0 radical (unpaired) electrons. The molecule has 1 fully saturated rings. The van der Waals surface area contributed by atoms with Crippen molar-refractivity contribution in [1.29, 1.82) is 5.26 Å². The number of nitriles is 1. The fourth-order valence-electron chi connectivity index (χ4n) is 4.64. The van der Waals surface area contributed by atoms with Crippen molar-refractivity contribution in [3.8, 4) is 6.07 Å². The van der Waals surface area contributed by atoms with E-state index in [9.17, 15) is 18.5 Å². The number of anilines is 1. The number of hydrogen-bond acceptors (Lipinski definition) is 7. The van der Waals surface area contributed by atoms with Crippen molar-refractivity contribution in [3.05, 3.63) is 95.3 Å². The van der Waals surface area contributed by atoms with Crippen LogP contribution in [-0.4, -0.2) is 66.8 Å². The molecule has 180 valence electrons. The van der Waals surface area contributed by atoms with Gasteiger partial charge in [0.05, 0.1) is 34.7 Å². The molecule has 1 saturated heterocycles. The highest BCUT2D eigenvalue weighted by Crippen LogP contribution is 2.33. The SMILES string of the molecule is CS(=O)(=O)C[C@@H]1CN(C(=O)c2cncc(N)c2)CCN1[C@H](c1ccccc1)c1cccc(C#N)c1. The first-order valence-corrected chi connectivity index (χ1v) is 13.3. The summed E-state index contributed by atoms with van der Waals surface area (Å²) in [6.07, 6.45) is 4.15. The van der Waals surface area contributed by atoms with Crippen LogP contribution < -0.4 is 5.73 Å². The van der Waals surface area contributed by atoms with Gasteiger partial charge in [-0.1, -0.05) is 42.5 Å². The van der Waals surface area contributed by atoms with Crippen LogP contribution in [0.5, 0.6) is 0 Å². The Labute approximate surface area is 205 Å². The van der Waals surface area contributed by atoms with Crippen molar-refractivity contribution in [2.24, 2.45) is 0 Å². The molecule has 8 nitrogen and oxygen atoms in total. The molecule has 0 saturated carbocycles. The van der Waals surface area contributed by atoms with E-state index in [1.54, 1.807) is 17.0 Å². The van der Waals surface area contributed by atoms with Crippen molar-refractivity contribution < 1.29 is 13.2 Å². The predicted octanol–water partition coefficient (Wildman–Crippen LogP) is 2.50. The molecule has 2 heterocycles. The molecule has 0 spiro atoms. The second-order valence-corrected chi connectivity index (χ2v) is 11.0. The first kappa shape index (κ1) is 24.4. The number of nitrogens with zero attached hydrogens (tertiary/aromatic N) is 4. The van der Waals surface area contributed by atoms with E-state index in [1.807, 2.05) is 48.5 Å². The summed E-state index contributed by atoms with van der Waals surface area (Å²) in [5.74, 6) is -0.335. The molecule has 2 N–H and O–H groups in total. The van der Waals surface area contributed by atoms with E-state index in [2.05, 4.69) is 16.0 Å². The summed E-state index contributed by atoms with van der Waals surface area (Å²) in [5.41, 5.74) is 8.99. The summed E-state index contributed by atoms with van der Waals surface area (Å²) in [6, 6.07) is 20.2. The average molecular weight is 490 g/mol. The standard InChI is InChI=1S/C26H27N5O3S/c1-35(33,34)18-24-17-30(26(32)22-13-23(28)16-29-15-22)10-11-31(24)25(20-7-3-2-4-8-20)21-9-5-6-19(12-21)14-27/h2-9,12-13,15-16,24-25H,10-11,17-18,28H2,1H3/t24-,25+/m0/s1. The van der Waals surface area contributed by atoms with Crippen LogP contribution in [0.1, 0.15) is 33.1 Å². The number of carbonyl (C=O) groups is 1. The largest absolute Gasteiger partial charge is 0.397 e. The van der Waals surface area contributed by atoms with Gasteiger partial charge >= 0.3 is 0 Å². The van der Waals surface area contributed by atoms with Crippen molar-refractivity contribution in [2.75, 3.05) is 37.4 Å². The van der Waals surface area contributed by atoms with Crippen molar-refractivity contribution in [2.45, 2.75) is 12.1 Å². The van der Waals surface area contributed by atoms with Gasteiger partial charge in [-0.25, -0.2) is 8.42 Å². The number of piperazine rings is 1. The van der Waals surface area contributed by atoms with E-state index in [-0.39, 0.29) is 24.2 Å². The van der Waals surface area contributed by atoms with Gasteiger partial charge in [-0.2, -0.15) is 5.26 Å². The fourth-order valence-corrected chi connectivity index (χ4v) is 5.63. The van der Waals surface area contributed by atoms with E-state index < -0.39 is 15.9 Å². The molecular weight excluding hydrogens is 462 g/mol. The smallest absolute Gasteiger partial charge is 0.255 e. The van der Waals surface area contributed by atoms with E-state index >= 15 is 0 Å². The van der Waals surface area contributed by atoms with E-state index in [4.69, 9.17) is 5.73 Å². The summed E-state index contributed by atoms with van der Waals surface area (Å²) in [4.78, 5) is 21.0. The number of pyridine rings is 1. The Morgan fingerprint density at radius 1 is 1.11 bits per heavy atom. The topological polar surface area (TPSA) is 120 Å². The minimum absolute atomic E-state index is 0.104. The Balaban J connectivity index is 1.72. The molecular formula is C26H27N5O3S. The summed E-state index contributed by atoms with van der Waals surface area (Å²) in [5, 5.41) is 9.45. The van der Waals surface area contributed by atoms with Gasteiger partial charge in [-0.3, -0.25) is 14.7 Å². The molecule has 1 amide bonds. The lowest BCUT2D eigenvalue weighted by molar-refractivity contribution is 0.0435. The number of nitrogens with two attached hydrogens (primary N) is 1. The molecule has 0 bridgehead atoms. The Morgan fingerprint density at radius 3 is 2.54 bits per heavy atom. The number of amides is 1. The van der Waals surface area contributed by atoms with E-state index in [0.717, 1.165) is 11.1 Å². The van der Waals surface area contributed by atoms with Crippen LogP contribution in [0, 0.1) is 11.3 Å². The molecule has 2 atom stereocenters. The van der Waals surface area contributed by atoms with Crippen LogP contribution in [0.2, 0.25) is 0 Å². The van der Waals surface area contributed by atoms with Gasteiger partial charge < -0.3 is 10.6 Å². The zero-order chi connectivity index (χ0) is 25.0. The van der Waals surface area contributed by atoms with Gasteiger partial charge in [0.1, 0.15) is 9.84 Å². The molecule has 1 aliphatic heterocycles. The number of aromatic nitrogens is 1. The first-order valence-electron chi connectivity index (χ1n) is 11.2. The minimum Gasteiger partial charge on any atom is -0.397 e. The normalized spacial score (nSPS) is 17.5. The number of rotatable bonds is 6. The maximum Gasteiger partial charge on any atom is 0.255 e. The number of hydrogen-bond donors (Lipinski definition) is 1. The van der Waals surface area contributed by atoms with Crippen LogP contribution in [0.25, 0.3) is 0 Å². The van der Waals surface area contributed by atoms with Gasteiger partial charge in [-0.05, 0) is 29.3 Å². The molecule has 4 rings (SSSR count). The maximum absolute atomic E-state index is 13.2. The van der Waals surface area contributed by atoms with Crippen molar-refractivity contribution in [3.63, 3.8) is 0 Å². The third-order valence-electron chi connectivity index (χ3n) is 6.10. The lowest BCUT2D eigenvalue weighted by atomic mass is 9.93. The number of nitrogen functional groups attached to an aromatic ring is 1. The highest BCUT2D eigenvalue weighted by atomic mass is 32.2. The second kappa shape index (κ2) is 10.3. The molecule has 0 unspecified atom stereocenters. The molecule has 1 aromatic heterocycles. The minimum atomic E-state index is -3.35. The van der Waals surface area contributed by atoms with E-state index in [1.165, 1.54) is 18.6 Å². The molecule has 1 aliphatic rings. The molecule has 35 heavy (non-hydrogen) atoms. The molecule has 3 aromatic rings. The van der Waals surface area contributed by atoms with Gasteiger partial charge in [0.25, 0.3) is 5.91 Å².